The van der Waals surface area contributed by atoms with Gasteiger partial charge < -0.3 is 10.4 Å². The van der Waals surface area contributed by atoms with Crippen molar-refractivity contribution in [2.45, 2.75) is 31.8 Å². The molecule has 21 heavy (non-hydrogen) atoms. The van der Waals surface area contributed by atoms with Crippen LogP contribution >= 0.6 is 0 Å². The Hall–Kier alpha value is -1.64. The summed E-state index contributed by atoms with van der Waals surface area (Å²) in [6.45, 7) is 3.66. The zero-order valence-electron chi connectivity index (χ0n) is 12.7. The van der Waals surface area contributed by atoms with E-state index in [0.717, 1.165) is 25.9 Å². The maximum absolute atomic E-state index is 9.28. The first-order valence-electron chi connectivity index (χ1n) is 7.76. The highest BCUT2D eigenvalue weighted by molar-refractivity contribution is 5.32. The van der Waals surface area contributed by atoms with Gasteiger partial charge in [0.2, 0.25) is 0 Å². The molecule has 2 nitrogen and oxygen atoms in total. The van der Waals surface area contributed by atoms with Crippen molar-refractivity contribution < 1.29 is 5.11 Å². The Morgan fingerprint density at radius 3 is 1.76 bits per heavy atom. The van der Waals surface area contributed by atoms with Crippen LogP contribution in [0.15, 0.2) is 60.7 Å². The molecule has 0 aliphatic rings. The monoisotopic (exact) mass is 283 g/mol. The van der Waals surface area contributed by atoms with Gasteiger partial charge in [-0.2, -0.15) is 0 Å². The molecule has 1 atom stereocenters. The third-order valence-electron chi connectivity index (χ3n) is 3.75. The second-order valence-electron chi connectivity index (χ2n) is 5.55. The standard InChI is InChI=1S/C19H25NO/c1-16(21)12-14-20-15-13-19(17-8-4-2-5-9-17)18-10-6-3-7-11-18/h2-11,16,19-21H,12-15H2,1H3. The van der Waals surface area contributed by atoms with Gasteiger partial charge in [-0.05, 0) is 44.0 Å². The highest BCUT2D eigenvalue weighted by atomic mass is 16.3. The van der Waals surface area contributed by atoms with Crippen LogP contribution in [-0.4, -0.2) is 24.3 Å². The van der Waals surface area contributed by atoms with Crippen molar-refractivity contribution in [3.05, 3.63) is 71.8 Å². The minimum Gasteiger partial charge on any atom is -0.393 e. The minimum atomic E-state index is -0.225. The smallest absolute Gasteiger partial charge is 0.0524 e. The largest absolute Gasteiger partial charge is 0.393 e. The van der Waals surface area contributed by atoms with Crippen LogP contribution in [0, 0.1) is 0 Å². The molecule has 0 spiro atoms. The van der Waals surface area contributed by atoms with E-state index in [2.05, 4.69) is 66.0 Å². The first-order chi connectivity index (χ1) is 10.3. The summed E-state index contributed by atoms with van der Waals surface area (Å²) in [5.74, 6) is 0.423. The van der Waals surface area contributed by atoms with Crippen LogP contribution in [0.4, 0.5) is 0 Å². The Kier molecular flexibility index (Phi) is 6.45. The Bertz CT molecular complexity index is 456. The topological polar surface area (TPSA) is 32.3 Å². The average Bonchev–Trinajstić information content (AvgIpc) is 2.52. The summed E-state index contributed by atoms with van der Waals surface area (Å²) in [7, 11) is 0. The fourth-order valence-electron chi connectivity index (χ4n) is 2.58. The highest BCUT2D eigenvalue weighted by Gasteiger charge is 2.13. The van der Waals surface area contributed by atoms with Gasteiger partial charge >= 0.3 is 0 Å². The van der Waals surface area contributed by atoms with Crippen LogP contribution in [0.25, 0.3) is 0 Å². The van der Waals surface area contributed by atoms with Crippen LogP contribution in [0.3, 0.4) is 0 Å². The molecule has 112 valence electrons. The van der Waals surface area contributed by atoms with E-state index in [1.54, 1.807) is 0 Å². The lowest BCUT2D eigenvalue weighted by atomic mass is 9.88. The molecular weight excluding hydrogens is 258 g/mol. The second kappa shape index (κ2) is 8.60. The Balaban J connectivity index is 1.97. The molecule has 0 fully saturated rings. The molecule has 0 saturated heterocycles. The van der Waals surface area contributed by atoms with E-state index >= 15 is 0 Å². The Morgan fingerprint density at radius 2 is 1.29 bits per heavy atom. The van der Waals surface area contributed by atoms with Gasteiger partial charge in [-0.1, -0.05) is 60.7 Å². The SMILES string of the molecule is CC(O)CCNCCC(c1ccccc1)c1ccccc1. The van der Waals surface area contributed by atoms with E-state index in [9.17, 15) is 5.11 Å². The normalized spacial score (nSPS) is 12.5. The lowest BCUT2D eigenvalue weighted by molar-refractivity contribution is 0.184. The molecule has 1 unspecified atom stereocenters. The van der Waals surface area contributed by atoms with Gasteiger partial charge in [0.25, 0.3) is 0 Å². The first kappa shape index (κ1) is 15.7. The van der Waals surface area contributed by atoms with Gasteiger partial charge in [0.15, 0.2) is 0 Å². The first-order valence-corrected chi connectivity index (χ1v) is 7.76. The number of aliphatic hydroxyl groups is 1. The molecule has 2 heteroatoms. The Labute approximate surface area is 127 Å². The lowest BCUT2D eigenvalue weighted by Gasteiger charge is -2.18. The Morgan fingerprint density at radius 1 is 0.810 bits per heavy atom. The number of aliphatic hydroxyl groups excluding tert-OH is 1. The summed E-state index contributed by atoms with van der Waals surface area (Å²) < 4.78 is 0. The lowest BCUT2D eigenvalue weighted by Crippen LogP contribution is -2.22. The summed E-state index contributed by atoms with van der Waals surface area (Å²) in [5, 5.41) is 12.7. The molecule has 0 aliphatic heterocycles. The van der Waals surface area contributed by atoms with E-state index < -0.39 is 0 Å². The van der Waals surface area contributed by atoms with Gasteiger partial charge in [-0.3, -0.25) is 0 Å². The van der Waals surface area contributed by atoms with E-state index in [0.29, 0.717) is 5.92 Å². The fourth-order valence-corrected chi connectivity index (χ4v) is 2.58. The quantitative estimate of drug-likeness (QED) is 0.726. The number of nitrogens with one attached hydrogen (secondary N) is 1. The van der Waals surface area contributed by atoms with Crippen molar-refractivity contribution in [2.75, 3.05) is 13.1 Å². The molecule has 2 N–H and O–H groups in total. The van der Waals surface area contributed by atoms with Gasteiger partial charge in [0, 0.05) is 5.92 Å². The third kappa shape index (κ3) is 5.33. The predicted octanol–water partition coefficient (Wildman–Crippen LogP) is 3.57. The van der Waals surface area contributed by atoms with E-state index in [-0.39, 0.29) is 6.10 Å². The number of hydrogen-bond donors (Lipinski definition) is 2. The molecule has 2 aromatic carbocycles. The van der Waals surface area contributed by atoms with Gasteiger partial charge in [0.1, 0.15) is 0 Å². The number of benzene rings is 2. The summed E-state index contributed by atoms with van der Waals surface area (Å²) in [4.78, 5) is 0. The second-order valence-corrected chi connectivity index (χ2v) is 5.55. The molecular formula is C19H25NO. The van der Waals surface area contributed by atoms with Crippen molar-refractivity contribution in [1.29, 1.82) is 0 Å². The van der Waals surface area contributed by atoms with Gasteiger partial charge in [-0.15, -0.1) is 0 Å². The summed E-state index contributed by atoms with van der Waals surface area (Å²) >= 11 is 0. The summed E-state index contributed by atoms with van der Waals surface area (Å²) in [5.41, 5.74) is 2.72. The minimum absolute atomic E-state index is 0.225. The zero-order valence-corrected chi connectivity index (χ0v) is 12.7. The molecule has 0 saturated carbocycles. The molecule has 0 bridgehead atoms. The van der Waals surface area contributed by atoms with E-state index in [1.165, 1.54) is 11.1 Å². The third-order valence-corrected chi connectivity index (χ3v) is 3.75. The molecule has 0 aliphatic carbocycles. The molecule has 0 heterocycles. The maximum Gasteiger partial charge on any atom is 0.0524 e. The predicted molar refractivity (Wildman–Crippen MR) is 88.5 cm³/mol. The van der Waals surface area contributed by atoms with Crippen molar-refractivity contribution in [2.24, 2.45) is 0 Å². The summed E-state index contributed by atoms with van der Waals surface area (Å²) in [6, 6.07) is 21.3. The molecule has 0 aromatic heterocycles. The molecule has 0 amide bonds. The van der Waals surface area contributed by atoms with Crippen LogP contribution in [0.5, 0.6) is 0 Å². The zero-order chi connectivity index (χ0) is 14.9. The number of hydrogen-bond acceptors (Lipinski definition) is 2. The van der Waals surface area contributed by atoms with Crippen LogP contribution in [0.2, 0.25) is 0 Å². The van der Waals surface area contributed by atoms with Crippen LogP contribution in [0.1, 0.15) is 36.8 Å². The average molecular weight is 283 g/mol. The van der Waals surface area contributed by atoms with Gasteiger partial charge in [-0.25, -0.2) is 0 Å². The van der Waals surface area contributed by atoms with Gasteiger partial charge in [0.05, 0.1) is 6.10 Å². The number of rotatable bonds is 8. The van der Waals surface area contributed by atoms with Crippen molar-refractivity contribution in [3.8, 4) is 0 Å². The van der Waals surface area contributed by atoms with Crippen molar-refractivity contribution in [3.63, 3.8) is 0 Å². The van der Waals surface area contributed by atoms with Crippen molar-refractivity contribution >= 4 is 0 Å². The van der Waals surface area contributed by atoms with Crippen LogP contribution < -0.4 is 5.32 Å². The fraction of sp³-hybridized carbons (Fsp3) is 0.368. The van der Waals surface area contributed by atoms with E-state index in [1.807, 2.05) is 6.92 Å². The van der Waals surface area contributed by atoms with Crippen molar-refractivity contribution in [1.82, 2.24) is 5.32 Å². The van der Waals surface area contributed by atoms with Crippen LogP contribution in [-0.2, 0) is 0 Å². The molecule has 2 rings (SSSR count). The van der Waals surface area contributed by atoms with E-state index in [4.69, 9.17) is 0 Å². The molecule has 2 aromatic rings. The molecule has 0 radical (unpaired) electrons. The summed E-state index contributed by atoms with van der Waals surface area (Å²) in [6.07, 6.45) is 1.64. The highest BCUT2D eigenvalue weighted by Crippen LogP contribution is 2.27. The maximum atomic E-state index is 9.28.